The van der Waals surface area contributed by atoms with E-state index in [9.17, 15) is 0 Å². The Hall–Kier alpha value is -0.900. The number of nitrogens with one attached hydrogen (secondary N) is 2. The van der Waals surface area contributed by atoms with Gasteiger partial charge in [0.2, 0.25) is 0 Å². The van der Waals surface area contributed by atoms with Crippen LogP contribution in [0, 0.1) is 18.3 Å². The van der Waals surface area contributed by atoms with Gasteiger partial charge in [-0.3, -0.25) is 0 Å². The van der Waals surface area contributed by atoms with Gasteiger partial charge in [-0.15, -0.1) is 34.2 Å². The summed E-state index contributed by atoms with van der Waals surface area (Å²) in [5.74, 6) is 3.32. The quantitative estimate of drug-likeness (QED) is 0.247. The van der Waals surface area contributed by atoms with E-state index in [0.717, 1.165) is 36.6 Å². The van der Waals surface area contributed by atoms with Crippen molar-refractivity contribution in [2.24, 2.45) is 23.4 Å². The molecule has 1 aromatic rings. The summed E-state index contributed by atoms with van der Waals surface area (Å²) < 4.78 is 7.11. The molecule has 1 heterocycles. The number of aromatic nitrogens is 3. The summed E-state index contributed by atoms with van der Waals surface area (Å²) in [7, 11) is 3.68. The largest absolute Gasteiger partial charge is 0.383 e. The molecule has 0 unspecified atom stereocenters. The van der Waals surface area contributed by atoms with E-state index in [0.29, 0.717) is 18.6 Å². The Labute approximate surface area is 174 Å². The van der Waals surface area contributed by atoms with Gasteiger partial charge in [-0.25, -0.2) is 4.99 Å². The van der Waals surface area contributed by atoms with Crippen LogP contribution in [0.1, 0.15) is 51.2 Å². The normalized spacial score (nSPS) is 16.2. The van der Waals surface area contributed by atoms with Gasteiger partial charge in [0.1, 0.15) is 12.4 Å². The van der Waals surface area contributed by atoms with Crippen LogP contribution in [0.2, 0.25) is 0 Å². The van der Waals surface area contributed by atoms with E-state index in [1.165, 1.54) is 25.7 Å². The van der Waals surface area contributed by atoms with Crippen molar-refractivity contribution in [3.63, 3.8) is 0 Å². The summed E-state index contributed by atoms with van der Waals surface area (Å²) in [6.07, 6.45) is 5.24. The summed E-state index contributed by atoms with van der Waals surface area (Å²) in [5.41, 5.74) is 0.430. The number of nitrogens with zero attached hydrogens (tertiary/aromatic N) is 4. The minimum Gasteiger partial charge on any atom is -0.383 e. The number of aryl methyl sites for hydroxylation is 1. The fourth-order valence-electron chi connectivity index (χ4n) is 3.45. The second-order valence-corrected chi connectivity index (χ2v) is 7.61. The predicted molar refractivity (Wildman–Crippen MR) is 116 cm³/mol. The Morgan fingerprint density at radius 2 is 2.04 bits per heavy atom. The van der Waals surface area contributed by atoms with Crippen LogP contribution < -0.4 is 10.6 Å². The van der Waals surface area contributed by atoms with Crippen molar-refractivity contribution in [3.05, 3.63) is 11.6 Å². The van der Waals surface area contributed by atoms with Crippen molar-refractivity contribution >= 4 is 29.9 Å². The molecule has 2 N–H and O–H groups in total. The first-order valence-corrected chi connectivity index (χ1v) is 9.32. The summed E-state index contributed by atoms with van der Waals surface area (Å²) in [6.45, 7) is 9.43. The first-order valence-electron chi connectivity index (χ1n) is 9.32. The molecule has 1 aromatic heterocycles. The minimum atomic E-state index is 0. The smallest absolute Gasteiger partial charge is 0.191 e. The lowest BCUT2D eigenvalue weighted by Crippen LogP contribution is -2.47. The molecule has 8 heteroatoms. The second kappa shape index (κ2) is 11.1. The molecule has 0 radical (unpaired) electrons. The van der Waals surface area contributed by atoms with Gasteiger partial charge in [-0.2, -0.15) is 0 Å². The molecule has 1 aliphatic carbocycles. The lowest BCUT2D eigenvalue weighted by molar-refractivity contribution is 0.104. The first kappa shape index (κ1) is 23.1. The van der Waals surface area contributed by atoms with E-state index in [4.69, 9.17) is 9.73 Å². The van der Waals surface area contributed by atoms with Crippen LogP contribution in [0.5, 0.6) is 0 Å². The maximum Gasteiger partial charge on any atom is 0.191 e. The van der Waals surface area contributed by atoms with Crippen molar-refractivity contribution in [1.29, 1.82) is 0 Å². The molecule has 7 nitrogen and oxygen atoms in total. The number of rotatable bonds is 9. The van der Waals surface area contributed by atoms with E-state index in [-0.39, 0.29) is 24.0 Å². The predicted octanol–water partition coefficient (Wildman–Crippen LogP) is 2.64. The Balaban J connectivity index is 0.00000338. The standard InChI is InChI=1S/C18H34N6O.HI/c1-14(2)11-18(7-6-8-18)13-21-17(19-9-10-25-5)20-12-16-23-22-15(3)24(16)4;/h14H,6-13H2,1-5H3,(H2,19,20,21);1H. The summed E-state index contributed by atoms with van der Waals surface area (Å²) in [4.78, 5) is 4.70. The Morgan fingerprint density at radius 3 is 2.54 bits per heavy atom. The summed E-state index contributed by atoms with van der Waals surface area (Å²) >= 11 is 0. The lowest BCUT2D eigenvalue weighted by Gasteiger charge is -2.43. The highest BCUT2D eigenvalue weighted by molar-refractivity contribution is 14.0. The number of hydrogen-bond acceptors (Lipinski definition) is 4. The van der Waals surface area contributed by atoms with E-state index in [1.807, 2.05) is 18.5 Å². The van der Waals surface area contributed by atoms with Gasteiger partial charge >= 0.3 is 0 Å². The summed E-state index contributed by atoms with van der Waals surface area (Å²) in [5, 5.41) is 15.2. The molecular formula is C18H35IN6O. The molecule has 0 amide bonds. The fourth-order valence-corrected chi connectivity index (χ4v) is 3.45. The number of ether oxygens (including phenoxy) is 1. The van der Waals surface area contributed by atoms with E-state index < -0.39 is 0 Å². The van der Waals surface area contributed by atoms with E-state index >= 15 is 0 Å². The van der Waals surface area contributed by atoms with E-state index in [2.05, 4.69) is 34.7 Å². The van der Waals surface area contributed by atoms with Crippen LogP contribution in [0.25, 0.3) is 0 Å². The van der Waals surface area contributed by atoms with Gasteiger partial charge in [0.25, 0.3) is 0 Å². The van der Waals surface area contributed by atoms with Crippen molar-refractivity contribution in [2.75, 3.05) is 26.8 Å². The molecule has 150 valence electrons. The molecule has 0 aromatic carbocycles. The average Bonchev–Trinajstić information content (AvgIpc) is 2.85. The molecule has 0 saturated heterocycles. The van der Waals surface area contributed by atoms with Crippen LogP contribution in [0.4, 0.5) is 0 Å². The van der Waals surface area contributed by atoms with Crippen LogP contribution in [-0.4, -0.2) is 47.5 Å². The van der Waals surface area contributed by atoms with Crippen molar-refractivity contribution in [1.82, 2.24) is 25.4 Å². The van der Waals surface area contributed by atoms with Gasteiger partial charge in [0.15, 0.2) is 11.8 Å². The highest BCUT2D eigenvalue weighted by Crippen LogP contribution is 2.45. The third-order valence-corrected chi connectivity index (χ3v) is 5.05. The number of hydrogen-bond donors (Lipinski definition) is 2. The van der Waals surface area contributed by atoms with Crippen LogP contribution >= 0.6 is 24.0 Å². The third kappa shape index (κ3) is 6.68. The molecule has 1 aliphatic rings. The maximum atomic E-state index is 5.14. The maximum absolute atomic E-state index is 5.14. The molecule has 1 saturated carbocycles. The minimum absolute atomic E-state index is 0. The highest BCUT2D eigenvalue weighted by Gasteiger charge is 2.37. The number of halogens is 1. The fraction of sp³-hybridized carbons (Fsp3) is 0.833. The van der Waals surface area contributed by atoms with Gasteiger partial charge in [0.05, 0.1) is 6.61 Å². The van der Waals surface area contributed by atoms with Crippen LogP contribution in [-0.2, 0) is 18.3 Å². The molecule has 2 rings (SSSR count). The molecule has 1 fully saturated rings. The Morgan fingerprint density at radius 1 is 1.31 bits per heavy atom. The van der Waals surface area contributed by atoms with Crippen molar-refractivity contribution < 1.29 is 4.74 Å². The second-order valence-electron chi connectivity index (χ2n) is 7.61. The Kier molecular flexibility index (Phi) is 9.84. The molecule has 0 spiro atoms. The van der Waals surface area contributed by atoms with Gasteiger partial charge in [-0.1, -0.05) is 20.3 Å². The zero-order valence-electron chi connectivity index (χ0n) is 16.8. The lowest BCUT2D eigenvalue weighted by atomic mass is 9.64. The van der Waals surface area contributed by atoms with E-state index in [1.54, 1.807) is 7.11 Å². The molecular weight excluding hydrogens is 443 g/mol. The Bertz CT molecular complexity index is 568. The topological polar surface area (TPSA) is 76.4 Å². The molecule has 0 aliphatic heterocycles. The van der Waals surface area contributed by atoms with Crippen LogP contribution in [0.15, 0.2) is 4.99 Å². The zero-order chi connectivity index (χ0) is 18.3. The molecule has 0 bridgehead atoms. The van der Waals surface area contributed by atoms with Gasteiger partial charge in [0, 0.05) is 27.2 Å². The summed E-state index contributed by atoms with van der Waals surface area (Å²) in [6, 6.07) is 0. The third-order valence-electron chi connectivity index (χ3n) is 5.05. The zero-order valence-corrected chi connectivity index (χ0v) is 19.2. The number of methoxy groups -OCH3 is 1. The average molecular weight is 478 g/mol. The highest BCUT2D eigenvalue weighted by atomic mass is 127. The first-order chi connectivity index (χ1) is 12.0. The van der Waals surface area contributed by atoms with Crippen LogP contribution in [0.3, 0.4) is 0 Å². The van der Waals surface area contributed by atoms with Gasteiger partial charge < -0.3 is 19.9 Å². The number of guanidine groups is 1. The SMILES string of the molecule is COCCNC(=NCc1nnc(C)n1C)NCC1(CC(C)C)CCC1.I. The monoisotopic (exact) mass is 478 g/mol. The van der Waals surface area contributed by atoms with Crippen molar-refractivity contribution in [2.45, 2.75) is 53.0 Å². The molecule has 0 atom stereocenters. The number of aliphatic imine (C=N–C) groups is 1. The molecule has 26 heavy (non-hydrogen) atoms. The van der Waals surface area contributed by atoms with Gasteiger partial charge in [-0.05, 0) is 37.5 Å². The van der Waals surface area contributed by atoms with Crippen molar-refractivity contribution in [3.8, 4) is 0 Å².